The fourth-order valence-corrected chi connectivity index (χ4v) is 8.27. The standard InChI is InChI=1S/C23H30F4OSi/c1-2-3-6-15-29-16-11-19(12-17-29)22(28-23(25,26)27)13-9-18(10-14-22)20-7-4-5-8-21(20)24/h4-5,7-10,13-14,18-19,29H,2-3,6,11-12,15-17H2,1H3. The first kappa shape index (κ1) is 22.3. The molecule has 3 rings (SSSR count). The van der Waals surface area contributed by atoms with Crippen LogP contribution >= 0.6 is 0 Å². The number of benzene rings is 1. The minimum absolute atomic E-state index is 0.187. The van der Waals surface area contributed by atoms with Crippen molar-refractivity contribution in [1.82, 2.24) is 0 Å². The van der Waals surface area contributed by atoms with Gasteiger partial charge in [-0.3, -0.25) is 4.74 Å². The Morgan fingerprint density at radius 3 is 2.31 bits per heavy atom. The highest BCUT2D eigenvalue weighted by Gasteiger charge is 2.47. The van der Waals surface area contributed by atoms with E-state index in [-0.39, 0.29) is 17.7 Å². The van der Waals surface area contributed by atoms with Gasteiger partial charge in [-0.05, 0) is 30.4 Å². The minimum Gasteiger partial charge on any atom is -0.276 e. The highest BCUT2D eigenvalue weighted by Crippen LogP contribution is 2.44. The Morgan fingerprint density at radius 2 is 1.72 bits per heavy atom. The fraction of sp³-hybridized carbons (Fsp3) is 0.565. The van der Waals surface area contributed by atoms with Gasteiger partial charge in [0.2, 0.25) is 0 Å². The van der Waals surface area contributed by atoms with Gasteiger partial charge in [-0.2, -0.15) is 0 Å². The molecule has 1 aromatic rings. The summed E-state index contributed by atoms with van der Waals surface area (Å²) in [5.41, 5.74) is -1.00. The van der Waals surface area contributed by atoms with Gasteiger partial charge in [0, 0.05) is 14.7 Å². The summed E-state index contributed by atoms with van der Waals surface area (Å²) < 4.78 is 58.6. The molecule has 0 amide bonds. The molecule has 1 aromatic carbocycles. The lowest BCUT2D eigenvalue weighted by atomic mass is 9.77. The fourth-order valence-electron chi connectivity index (χ4n) is 4.79. The zero-order valence-electron chi connectivity index (χ0n) is 16.9. The van der Waals surface area contributed by atoms with Crippen LogP contribution in [0.3, 0.4) is 0 Å². The molecule has 1 fully saturated rings. The van der Waals surface area contributed by atoms with Crippen molar-refractivity contribution in [3.63, 3.8) is 0 Å². The Hall–Kier alpha value is -1.40. The lowest BCUT2D eigenvalue weighted by molar-refractivity contribution is -0.357. The van der Waals surface area contributed by atoms with E-state index in [9.17, 15) is 17.6 Å². The number of ether oxygens (including phenoxy) is 1. The average Bonchev–Trinajstić information content (AvgIpc) is 2.69. The third-order valence-electron chi connectivity index (χ3n) is 6.39. The number of rotatable bonds is 7. The number of hydrogen-bond acceptors (Lipinski definition) is 1. The van der Waals surface area contributed by atoms with E-state index in [1.807, 2.05) is 0 Å². The van der Waals surface area contributed by atoms with Gasteiger partial charge in [0.1, 0.15) is 11.4 Å². The van der Waals surface area contributed by atoms with Crippen LogP contribution in [0.2, 0.25) is 18.1 Å². The summed E-state index contributed by atoms with van der Waals surface area (Å²) >= 11 is 0. The lowest BCUT2D eigenvalue weighted by Gasteiger charge is -2.42. The second-order valence-corrected chi connectivity index (χ2v) is 11.8. The SMILES string of the molecule is CCCCC[SiH]1CCC(C2(OC(F)(F)F)C=CC(c3ccccc3F)C=C2)CC1. The predicted octanol–water partition coefficient (Wildman–Crippen LogP) is 7.14. The highest BCUT2D eigenvalue weighted by atomic mass is 28.3. The maximum Gasteiger partial charge on any atom is 0.523 e. The van der Waals surface area contributed by atoms with Gasteiger partial charge >= 0.3 is 6.36 Å². The van der Waals surface area contributed by atoms with E-state index in [1.165, 1.54) is 43.5 Å². The second-order valence-electron chi connectivity index (χ2n) is 8.38. The zero-order chi connectivity index (χ0) is 20.9. The van der Waals surface area contributed by atoms with Crippen LogP contribution in [-0.4, -0.2) is 20.8 Å². The second kappa shape index (κ2) is 9.60. The molecule has 0 saturated carbocycles. The number of allylic oxidation sites excluding steroid dienone is 2. The molecule has 1 aliphatic heterocycles. The quantitative estimate of drug-likeness (QED) is 0.195. The van der Waals surface area contributed by atoms with Crippen LogP contribution in [0.1, 0.15) is 50.5 Å². The largest absolute Gasteiger partial charge is 0.523 e. The zero-order valence-corrected chi connectivity index (χ0v) is 18.1. The third-order valence-corrected chi connectivity index (χ3v) is 9.91. The molecular formula is C23H30F4OSi. The van der Waals surface area contributed by atoms with Gasteiger partial charge in [0.05, 0.1) is 0 Å². The van der Waals surface area contributed by atoms with Gasteiger partial charge in [-0.15, -0.1) is 13.2 Å². The van der Waals surface area contributed by atoms with Crippen LogP contribution in [0.15, 0.2) is 48.6 Å². The Labute approximate surface area is 172 Å². The number of hydrogen-bond donors (Lipinski definition) is 0. The Balaban J connectivity index is 1.73. The van der Waals surface area contributed by atoms with E-state index in [2.05, 4.69) is 6.92 Å². The molecule has 1 aliphatic carbocycles. The molecule has 0 spiro atoms. The summed E-state index contributed by atoms with van der Waals surface area (Å²) in [4.78, 5) is 0. The van der Waals surface area contributed by atoms with Crippen molar-refractivity contribution in [1.29, 1.82) is 0 Å². The van der Waals surface area contributed by atoms with Crippen molar-refractivity contribution >= 4 is 8.80 Å². The Morgan fingerprint density at radius 1 is 1.07 bits per heavy atom. The summed E-state index contributed by atoms with van der Waals surface area (Å²) in [6.45, 7) is 2.19. The molecule has 6 heteroatoms. The van der Waals surface area contributed by atoms with Crippen molar-refractivity contribution in [2.75, 3.05) is 0 Å². The molecule has 0 aromatic heterocycles. The number of halogens is 4. The van der Waals surface area contributed by atoms with Gasteiger partial charge < -0.3 is 0 Å². The maximum absolute atomic E-state index is 14.1. The maximum atomic E-state index is 14.1. The molecule has 0 radical (unpaired) electrons. The highest BCUT2D eigenvalue weighted by molar-refractivity contribution is 6.58. The van der Waals surface area contributed by atoms with Crippen molar-refractivity contribution in [3.8, 4) is 0 Å². The lowest BCUT2D eigenvalue weighted by Crippen LogP contribution is -2.45. The van der Waals surface area contributed by atoms with Crippen LogP contribution in [-0.2, 0) is 4.74 Å². The molecule has 1 nitrogen and oxygen atoms in total. The first-order valence-corrected chi connectivity index (χ1v) is 13.2. The monoisotopic (exact) mass is 426 g/mol. The molecule has 29 heavy (non-hydrogen) atoms. The van der Waals surface area contributed by atoms with E-state index < -0.39 is 20.8 Å². The number of unbranched alkanes of at least 4 members (excludes halogenated alkanes) is 2. The molecular weight excluding hydrogens is 396 g/mol. The number of alkyl halides is 3. The average molecular weight is 427 g/mol. The van der Waals surface area contributed by atoms with E-state index in [0.29, 0.717) is 5.56 Å². The normalized spacial score (nSPS) is 29.9. The first-order valence-electron chi connectivity index (χ1n) is 10.7. The first-order chi connectivity index (χ1) is 13.8. The van der Waals surface area contributed by atoms with Crippen LogP contribution < -0.4 is 0 Å². The van der Waals surface area contributed by atoms with Crippen LogP contribution in [0.5, 0.6) is 0 Å². The van der Waals surface area contributed by atoms with Crippen LogP contribution in [0, 0.1) is 11.7 Å². The van der Waals surface area contributed by atoms with Crippen molar-refractivity contribution < 1.29 is 22.3 Å². The van der Waals surface area contributed by atoms with Gasteiger partial charge in [0.15, 0.2) is 0 Å². The molecule has 160 valence electrons. The topological polar surface area (TPSA) is 9.23 Å². The molecule has 1 saturated heterocycles. The van der Waals surface area contributed by atoms with E-state index >= 15 is 0 Å². The molecule has 2 aliphatic rings. The summed E-state index contributed by atoms with van der Waals surface area (Å²) in [5, 5.41) is 0. The summed E-state index contributed by atoms with van der Waals surface area (Å²) in [5.74, 6) is -0.913. The summed E-state index contributed by atoms with van der Waals surface area (Å²) in [7, 11) is -0.837. The predicted molar refractivity (Wildman–Crippen MR) is 111 cm³/mol. The smallest absolute Gasteiger partial charge is 0.276 e. The Bertz CT molecular complexity index is 706. The van der Waals surface area contributed by atoms with Crippen molar-refractivity contribution in [2.24, 2.45) is 5.92 Å². The van der Waals surface area contributed by atoms with Crippen LogP contribution in [0.4, 0.5) is 17.6 Å². The van der Waals surface area contributed by atoms with Crippen molar-refractivity contribution in [2.45, 2.75) is 75.0 Å². The third kappa shape index (κ3) is 5.82. The summed E-state index contributed by atoms with van der Waals surface area (Å²) in [6, 6.07) is 9.84. The van der Waals surface area contributed by atoms with Gasteiger partial charge in [0.25, 0.3) is 0 Å². The Kier molecular flexibility index (Phi) is 7.38. The summed E-state index contributed by atoms with van der Waals surface area (Å²) in [6.07, 6.45) is 6.92. The molecule has 0 bridgehead atoms. The minimum atomic E-state index is -4.71. The molecule has 0 N–H and O–H groups in total. The van der Waals surface area contributed by atoms with Gasteiger partial charge in [-0.1, -0.05) is 86.8 Å². The van der Waals surface area contributed by atoms with E-state index in [0.717, 1.165) is 24.9 Å². The molecule has 1 heterocycles. The van der Waals surface area contributed by atoms with E-state index in [4.69, 9.17) is 4.74 Å². The van der Waals surface area contributed by atoms with Crippen molar-refractivity contribution in [3.05, 3.63) is 60.0 Å². The van der Waals surface area contributed by atoms with E-state index in [1.54, 1.807) is 30.4 Å². The van der Waals surface area contributed by atoms with Gasteiger partial charge in [-0.25, -0.2) is 4.39 Å². The molecule has 0 unspecified atom stereocenters. The van der Waals surface area contributed by atoms with Crippen LogP contribution in [0.25, 0.3) is 0 Å². The molecule has 0 atom stereocenters.